The number of carbonyl (C=O) groups excluding carboxylic acids is 2. The van der Waals surface area contributed by atoms with Gasteiger partial charge in [0.1, 0.15) is 17.3 Å². The highest BCUT2D eigenvalue weighted by Crippen LogP contribution is 2.36. The van der Waals surface area contributed by atoms with Gasteiger partial charge in [0, 0.05) is 26.9 Å². The van der Waals surface area contributed by atoms with Gasteiger partial charge < -0.3 is 19.2 Å². The van der Waals surface area contributed by atoms with Crippen molar-refractivity contribution in [2.75, 3.05) is 19.0 Å². The minimum atomic E-state index is -0.367. The smallest absolute Gasteiger partial charge is 0.267 e. The van der Waals surface area contributed by atoms with Gasteiger partial charge in [0.25, 0.3) is 11.8 Å². The molecule has 1 aliphatic heterocycles. The van der Waals surface area contributed by atoms with E-state index in [9.17, 15) is 9.59 Å². The molecule has 1 N–H and O–H groups in total. The van der Waals surface area contributed by atoms with Gasteiger partial charge in [-0.25, -0.2) is 0 Å². The third kappa shape index (κ3) is 7.86. The topological polar surface area (TPSA) is 106 Å². The van der Waals surface area contributed by atoms with E-state index in [0.29, 0.717) is 48.6 Å². The number of amidine groups is 1. The molecule has 9 nitrogen and oxygen atoms in total. The van der Waals surface area contributed by atoms with E-state index in [1.807, 2.05) is 24.3 Å². The van der Waals surface area contributed by atoms with Crippen LogP contribution in [-0.2, 0) is 16.1 Å². The zero-order valence-corrected chi connectivity index (χ0v) is 25.0. The number of para-hydroxylation sites is 1. The Morgan fingerprint density at radius 1 is 1.00 bits per heavy atom. The lowest BCUT2D eigenvalue weighted by atomic mass is 10.2. The maximum Gasteiger partial charge on any atom is 0.267 e. The zero-order valence-electron chi connectivity index (χ0n) is 22.7. The number of thioether (sulfide) groups is 1. The highest BCUT2D eigenvalue weighted by Gasteiger charge is 2.34. The third-order valence-electron chi connectivity index (χ3n) is 6.01. The number of anilines is 1. The highest BCUT2D eigenvalue weighted by atomic mass is 35.5. The van der Waals surface area contributed by atoms with Gasteiger partial charge >= 0.3 is 0 Å². The van der Waals surface area contributed by atoms with Gasteiger partial charge in [0.15, 0.2) is 11.8 Å². The lowest BCUT2D eigenvalue weighted by Crippen LogP contribution is -2.28. The van der Waals surface area contributed by atoms with Crippen molar-refractivity contribution in [2.24, 2.45) is 10.2 Å². The molecule has 218 valence electrons. The van der Waals surface area contributed by atoms with Crippen molar-refractivity contribution in [2.45, 2.75) is 6.54 Å². The minimum absolute atomic E-state index is 0.156. The van der Waals surface area contributed by atoms with Crippen LogP contribution in [0, 0.1) is 0 Å². The zero-order chi connectivity index (χ0) is 30.2. The van der Waals surface area contributed by atoms with Gasteiger partial charge in [-0.15, -0.1) is 5.10 Å². The van der Waals surface area contributed by atoms with E-state index >= 15 is 0 Å². The fourth-order valence-electron chi connectivity index (χ4n) is 3.97. The van der Waals surface area contributed by atoms with Crippen molar-refractivity contribution in [3.63, 3.8) is 0 Å². The Hall–Kier alpha value is -4.51. The summed E-state index contributed by atoms with van der Waals surface area (Å²) >= 11 is 13.3. The number of nitrogens with one attached hydrogen (secondary N) is 1. The standard InChI is InChI=1S/C31H24Cl2N4O5S/c1-40-26-7-3-2-5-20(26)17-34-36-31-37(18-25-6-4-14-41-25)30(39)28(43-31)16-21-15-23(33)10-13-27(21)42-19-29(38)35-24-11-8-22(32)9-12-24/h2-17H,18-19H2,1H3,(H,35,38)/b28-16-,34-17+,36-31-. The van der Waals surface area contributed by atoms with Crippen molar-refractivity contribution in [3.8, 4) is 11.5 Å². The first-order chi connectivity index (χ1) is 20.9. The molecule has 3 aromatic carbocycles. The predicted molar refractivity (Wildman–Crippen MR) is 170 cm³/mol. The summed E-state index contributed by atoms with van der Waals surface area (Å²) in [7, 11) is 1.58. The molecule has 1 saturated heterocycles. The largest absolute Gasteiger partial charge is 0.496 e. The second-order valence-corrected chi connectivity index (χ2v) is 10.9. The maximum atomic E-state index is 13.6. The van der Waals surface area contributed by atoms with E-state index in [2.05, 4.69) is 15.5 Å². The van der Waals surface area contributed by atoms with Crippen molar-refractivity contribution in [3.05, 3.63) is 117 Å². The molecule has 1 aliphatic rings. The molecular formula is C31H24Cl2N4O5S. The van der Waals surface area contributed by atoms with Crippen LogP contribution in [0.3, 0.4) is 0 Å². The molecule has 2 heterocycles. The summed E-state index contributed by atoms with van der Waals surface area (Å²) in [6.07, 6.45) is 4.74. The van der Waals surface area contributed by atoms with Crippen LogP contribution in [0.1, 0.15) is 16.9 Å². The average Bonchev–Trinajstić information content (AvgIpc) is 3.62. The van der Waals surface area contributed by atoms with Crippen LogP contribution in [0.4, 0.5) is 5.69 Å². The fraction of sp³-hybridized carbons (Fsp3) is 0.0968. The Bertz CT molecular complexity index is 1710. The van der Waals surface area contributed by atoms with Crippen LogP contribution in [-0.4, -0.2) is 41.8 Å². The molecule has 5 rings (SSSR count). The van der Waals surface area contributed by atoms with Crippen LogP contribution < -0.4 is 14.8 Å². The SMILES string of the molecule is COc1ccccc1/C=N/N=C1\S/C(=C\c2cc(Cl)ccc2OCC(=O)Nc2ccc(Cl)cc2)C(=O)N1Cc1ccco1. The van der Waals surface area contributed by atoms with Gasteiger partial charge in [-0.3, -0.25) is 14.5 Å². The lowest BCUT2D eigenvalue weighted by molar-refractivity contribution is -0.122. The number of halogens is 2. The number of ether oxygens (including phenoxy) is 2. The quantitative estimate of drug-likeness (QED) is 0.113. The molecule has 0 aliphatic carbocycles. The van der Waals surface area contributed by atoms with Crippen molar-refractivity contribution in [1.29, 1.82) is 0 Å². The number of hydrogen-bond donors (Lipinski definition) is 1. The van der Waals surface area contributed by atoms with Crippen LogP contribution in [0.15, 0.2) is 105 Å². The molecule has 0 spiro atoms. The summed E-state index contributed by atoms with van der Waals surface area (Å²) in [4.78, 5) is 27.9. The Balaban J connectivity index is 1.37. The van der Waals surface area contributed by atoms with E-state index in [0.717, 1.165) is 17.3 Å². The van der Waals surface area contributed by atoms with Gasteiger partial charge in [-0.1, -0.05) is 35.3 Å². The summed E-state index contributed by atoms with van der Waals surface area (Å²) < 4.78 is 16.7. The van der Waals surface area contributed by atoms with E-state index in [1.54, 1.807) is 74.0 Å². The number of nitrogens with zero attached hydrogens (tertiary/aromatic N) is 3. The molecule has 0 unspecified atom stereocenters. The number of rotatable bonds is 10. The summed E-state index contributed by atoms with van der Waals surface area (Å²) in [5.74, 6) is 0.918. The molecule has 0 bridgehead atoms. The molecule has 1 fully saturated rings. The monoisotopic (exact) mass is 634 g/mol. The van der Waals surface area contributed by atoms with Crippen LogP contribution in [0.2, 0.25) is 10.0 Å². The summed E-state index contributed by atoms with van der Waals surface area (Å²) in [6.45, 7) is -0.112. The van der Waals surface area contributed by atoms with Crippen molar-refractivity contribution >= 4 is 69.9 Å². The first-order valence-electron chi connectivity index (χ1n) is 12.8. The van der Waals surface area contributed by atoms with E-state index in [4.69, 9.17) is 37.1 Å². The number of carbonyl (C=O) groups is 2. The first-order valence-corrected chi connectivity index (χ1v) is 14.4. The molecular weight excluding hydrogens is 611 g/mol. The lowest BCUT2D eigenvalue weighted by Gasteiger charge is -2.13. The molecule has 0 saturated carbocycles. The Kier molecular flexibility index (Phi) is 9.83. The highest BCUT2D eigenvalue weighted by molar-refractivity contribution is 8.18. The first kappa shape index (κ1) is 30.0. The van der Waals surface area contributed by atoms with Crippen molar-refractivity contribution in [1.82, 2.24) is 4.90 Å². The summed E-state index contributed by atoms with van der Waals surface area (Å²) in [5, 5.41) is 12.7. The fourth-order valence-corrected chi connectivity index (χ4v) is 5.20. The Morgan fingerprint density at radius 3 is 2.56 bits per heavy atom. The van der Waals surface area contributed by atoms with Crippen LogP contribution in [0.25, 0.3) is 6.08 Å². The molecule has 4 aromatic rings. The Morgan fingerprint density at radius 2 is 1.79 bits per heavy atom. The van der Waals surface area contributed by atoms with E-state index in [1.165, 1.54) is 11.2 Å². The maximum absolute atomic E-state index is 13.6. The second-order valence-electron chi connectivity index (χ2n) is 8.98. The molecule has 43 heavy (non-hydrogen) atoms. The van der Waals surface area contributed by atoms with Crippen LogP contribution in [0.5, 0.6) is 11.5 Å². The second kappa shape index (κ2) is 14.1. The summed E-state index contributed by atoms with van der Waals surface area (Å²) in [5.41, 5.74) is 1.83. The number of methoxy groups -OCH3 is 1. The summed E-state index contributed by atoms with van der Waals surface area (Å²) in [6, 6.07) is 22.6. The molecule has 12 heteroatoms. The molecule has 1 aromatic heterocycles. The number of furan rings is 1. The normalized spacial score (nSPS) is 15.0. The number of benzene rings is 3. The van der Waals surface area contributed by atoms with Crippen LogP contribution >= 0.6 is 35.0 Å². The van der Waals surface area contributed by atoms with Gasteiger partial charge in [-0.2, -0.15) is 5.10 Å². The van der Waals surface area contributed by atoms with Gasteiger partial charge in [-0.05, 0) is 84.6 Å². The molecule has 0 radical (unpaired) electrons. The van der Waals surface area contributed by atoms with E-state index in [-0.39, 0.29) is 25.0 Å². The third-order valence-corrected chi connectivity index (χ3v) is 7.49. The van der Waals surface area contributed by atoms with Gasteiger partial charge in [0.05, 0.1) is 31.0 Å². The number of hydrogen-bond acceptors (Lipinski definition) is 8. The Labute approximate surface area is 261 Å². The van der Waals surface area contributed by atoms with Crippen molar-refractivity contribution < 1.29 is 23.5 Å². The number of amides is 2. The predicted octanol–water partition coefficient (Wildman–Crippen LogP) is 7.12. The average molecular weight is 636 g/mol. The minimum Gasteiger partial charge on any atom is -0.496 e. The van der Waals surface area contributed by atoms with Gasteiger partial charge in [0.2, 0.25) is 0 Å². The van der Waals surface area contributed by atoms with E-state index < -0.39 is 0 Å². The molecule has 0 atom stereocenters. The molecule has 2 amide bonds.